The normalized spacial score (nSPS) is 11.7. The molecule has 0 aromatic carbocycles. The maximum Gasteiger partial charge on any atom is 0.325 e. The molecule has 1 N–H and O–H groups in total. The van der Waals surface area contributed by atoms with Crippen molar-refractivity contribution in [2.75, 3.05) is 52.4 Å². The molecule has 0 radical (unpaired) electrons. The van der Waals surface area contributed by atoms with Crippen molar-refractivity contribution in [2.24, 2.45) is 0 Å². The molecule has 0 spiro atoms. The first-order valence-corrected chi connectivity index (χ1v) is 27.7. The lowest BCUT2D eigenvalue weighted by Gasteiger charge is -2.21. The van der Waals surface area contributed by atoms with Gasteiger partial charge in [0.15, 0.2) is 0 Å². The first kappa shape index (κ1) is 60.8. The van der Waals surface area contributed by atoms with Gasteiger partial charge in [-0.25, -0.2) is 0 Å². The van der Waals surface area contributed by atoms with Crippen LogP contribution >= 0.6 is 0 Å². The number of aliphatic hydroxyl groups excluding tert-OH is 1. The molecule has 8 nitrogen and oxygen atoms in total. The Labute approximate surface area is 387 Å². The van der Waals surface area contributed by atoms with Gasteiger partial charge in [-0.05, 0) is 64.5 Å². The van der Waals surface area contributed by atoms with Crippen LogP contribution in [0.25, 0.3) is 0 Å². The molecule has 0 fully saturated rings. The van der Waals surface area contributed by atoms with Crippen molar-refractivity contribution in [3.8, 4) is 0 Å². The van der Waals surface area contributed by atoms with Crippen LogP contribution in [0.5, 0.6) is 0 Å². The molecule has 0 aliphatic carbocycles. The molecule has 0 bridgehead atoms. The molecule has 0 unspecified atom stereocenters. The maximum absolute atomic E-state index is 12.7. The first-order chi connectivity index (χ1) is 30.5. The summed E-state index contributed by atoms with van der Waals surface area (Å²) in [6.45, 7) is 15.7. The molecule has 0 saturated heterocycles. The summed E-state index contributed by atoms with van der Waals surface area (Å²) < 4.78 is 0. The highest BCUT2D eigenvalue weighted by Gasteiger charge is 2.14. The van der Waals surface area contributed by atoms with Gasteiger partial charge in [-0.1, -0.05) is 220 Å². The van der Waals surface area contributed by atoms with Gasteiger partial charge >= 0.3 is 11.9 Å². The molecule has 8 heteroatoms. The Kier molecular flexibility index (Phi) is 49.8. The second-order valence-corrected chi connectivity index (χ2v) is 18.9. The number of carbonyl (C=O) groups excluding carboxylic acids is 2. The quantitative estimate of drug-likeness (QED) is 0.0478. The van der Waals surface area contributed by atoms with Crippen molar-refractivity contribution < 1.29 is 24.4 Å². The minimum Gasteiger partial charge on any atom is -0.395 e. The molecule has 0 saturated carbocycles. The summed E-state index contributed by atoms with van der Waals surface area (Å²) in [5.41, 5.74) is 0. The van der Waals surface area contributed by atoms with Crippen molar-refractivity contribution in [2.45, 2.75) is 285 Å². The standard InChI is InChI=1S/C54H109N3O5/c1-5-9-13-17-31-39-47-56(48-40-32-18-14-10-6-2)61-53(59)43-35-27-23-21-25-29-37-45-55(51-52-58)46-38-30-26-22-24-28-36-44-54(60)62-57(49-41-33-19-15-11-7-3)50-42-34-20-16-12-8-4/h58H,5-52H2,1-4H3. The number of unbranched alkanes of at least 4 members (excludes halogenated alkanes) is 32. The van der Waals surface area contributed by atoms with Crippen LogP contribution in [0, 0.1) is 0 Å². The highest BCUT2D eigenvalue weighted by atomic mass is 16.7. The molecular weight excluding hydrogens is 771 g/mol. The summed E-state index contributed by atoms with van der Waals surface area (Å²) in [5.74, 6) is -0.0845. The number of carbonyl (C=O) groups is 2. The maximum atomic E-state index is 12.7. The zero-order valence-electron chi connectivity index (χ0n) is 42.4. The molecule has 0 aliphatic heterocycles. The fourth-order valence-electron chi connectivity index (χ4n) is 8.51. The van der Waals surface area contributed by atoms with Gasteiger partial charge in [-0.3, -0.25) is 9.59 Å². The average molecular weight is 880 g/mol. The average Bonchev–Trinajstić information content (AvgIpc) is 3.26. The van der Waals surface area contributed by atoms with Gasteiger partial charge in [0.2, 0.25) is 0 Å². The highest BCUT2D eigenvalue weighted by Crippen LogP contribution is 2.15. The molecule has 0 amide bonds. The minimum atomic E-state index is -0.0423. The number of nitrogens with zero attached hydrogens (tertiary/aromatic N) is 3. The molecular formula is C54H109N3O5. The second kappa shape index (κ2) is 50.8. The van der Waals surface area contributed by atoms with Gasteiger partial charge in [0.05, 0.1) is 6.61 Å². The van der Waals surface area contributed by atoms with E-state index in [2.05, 4.69) is 32.6 Å². The van der Waals surface area contributed by atoms with Crippen LogP contribution in [0.4, 0.5) is 0 Å². The summed E-state index contributed by atoms with van der Waals surface area (Å²) in [7, 11) is 0. The van der Waals surface area contributed by atoms with E-state index in [1.807, 2.05) is 10.1 Å². The lowest BCUT2D eigenvalue weighted by atomic mass is 10.1. The van der Waals surface area contributed by atoms with Crippen molar-refractivity contribution in [3.05, 3.63) is 0 Å². The predicted molar refractivity (Wildman–Crippen MR) is 266 cm³/mol. The van der Waals surface area contributed by atoms with E-state index < -0.39 is 0 Å². The summed E-state index contributed by atoms with van der Waals surface area (Å²) in [4.78, 5) is 39.6. The summed E-state index contributed by atoms with van der Waals surface area (Å²) >= 11 is 0. The van der Waals surface area contributed by atoms with Crippen molar-refractivity contribution in [1.82, 2.24) is 15.0 Å². The van der Waals surface area contributed by atoms with Gasteiger partial charge in [0, 0.05) is 45.6 Å². The van der Waals surface area contributed by atoms with Crippen LogP contribution in [0.15, 0.2) is 0 Å². The van der Waals surface area contributed by atoms with Crippen LogP contribution in [0.2, 0.25) is 0 Å². The number of hydrogen-bond acceptors (Lipinski definition) is 8. The third-order valence-corrected chi connectivity index (χ3v) is 12.6. The van der Waals surface area contributed by atoms with E-state index in [0.717, 1.165) is 97.2 Å². The van der Waals surface area contributed by atoms with E-state index in [4.69, 9.17) is 9.68 Å². The van der Waals surface area contributed by atoms with Gasteiger partial charge in [-0.2, -0.15) is 0 Å². The van der Waals surface area contributed by atoms with Crippen LogP contribution in [-0.2, 0) is 19.3 Å². The van der Waals surface area contributed by atoms with E-state index in [-0.39, 0.29) is 18.5 Å². The Morgan fingerprint density at radius 2 is 0.532 bits per heavy atom. The van der Waals surface area contributed by atoms with E-state index >= 15 is 0 Å². The summed E-state index contributed by atoms with van der Waals surface area (Å²) in [5, 5.41) is 13.6. The smallest absolute Gasteiger partial charge is 0.325 e. The number of hydrogen-bond donors (Lipinski definition) is 1. The number of hydroxylamine groups is 4. The monoisotopic (exact) mass is 880 g/mol. The largest absolute Gasteiger partial charge is 0.395 e. The van der Waals surface area contributed by atoms with Crippen LogP contribution < -0.4 is 0 Å². The second-order valence-electron chi connectivity index (χ2n) is 18.9. The fraction of sp³-hybridized carbons (Fsp3) is 0.963. The van der Waals surface area contributed by atoms with Gasteiger partial charge in [0.25, 0.3) is 0 Å². The summed E-state index contributed by atoms with van der Waals surface area (Å²) in [6.07, 6.45) is 47.5. The van der Waals surface area contributed by atoms with Crippen LogP contribution in [0.1, 0.15) is 285 Å². The molecule has 370 valence electrons. The molecule has 0 atom stereocenters. The lowest BCUT2D eigenvalue weighted by molar-refractivity contribution is -0.192. The summed E-state index contributed by atoms with van der Waals surface area (Å²) in [6, 6.07) is 0. The van der Waals surface area contributed by atoms with E-state index in [9.17, 15) is 14.7 Å². The Hall–Kier alpha value is -1.22. The van der Waals surface area contributed by atoms with Gasteiger partial charge < -0.3 is 19.7 Å². The van der Waals surface area contributed by atoms with Crippen molar-refractivity contribution >= 4 is 11.9 Å². The zero-order chi connectivity index (χ0) is 45.2. The fourth-order valence-corrected chi connectivity index (χ4v) is 8.51. The molecule has 0 rings (SSSR count). The topological polar surface area (TPSA) is 82.6 Å². The van der Waals surface area contributed by atoms with E-state index in [1.165, 1.54) is 193 Å². The van der Waals surface area contributed by atoms with E-state index in [1.54, 1.807) is 0 Å². The molecule has 0 heterocycles. The van der Waals surface area contributed by atoms with Crippen molar-refractivity contribution in [3.63, 3.8) is 0 Å². The zero-order valence-corrected chi connectivity index (χ0v) is 42.4. The predicted octanol–water partition coefficient (Wildman–Crippen LogP) is 15.5. The Bertz CT molecular complexity index is 807. The van der Waals surface area contributed by atoms with Crippen molar-refractivity contribution in [1.29, 1.82) is 0 Å². The van der Waals surface area contributed by atoms with Crippen LogP contribution in [0.3, 0.4) is 0 Å². The number of aliphatic hydroxyl groups is 1. The Morgan fingerprint density at radius 3 is 0.790 bits per heavy atom. The third-order valence-electron chi connectivity index (χ3n) is 12.6. The van der Waals surface area contributed by atoms with E-state index in [0.29, 0.717) is 12.8 Å². The Balaban J connectivity index is 4.07. The molecule has 0 aromatic rings. The third kappa shape index (κ3) is 45.4. The molecule has 62 heavy (non-hydrogen) atoms. The lowest BCUT2D eigenvalue weighted by Crippen LogP contribution is -2.29. The van der Waals surface area contributed by atoms with Gasteiger partial charge in [0.1, 0.15) is 0 Å². The Morgan fingerprint density at radius 1 is 0.306 bits per heavy atom. The minimum absolute atomic E-state index is 0.0423. The first-order valence-electron chi connectivity index (χ1n) is 27.7. The molecule has 0 aromatic heterocycles. The van der Waals surface area contributed by atoms with Crippen LogP contribution in [-0.4, -0.2) is 84.5 Å². The van der Waals surface area contributed by atoms with Gasteiger partial charge in [-0.15, -0.1) is 10.1 Å². The highest BCUT2D eigenvalue weighted by molar-refractivity contribution is 5.69. The SMILES string of the molecule is CCCCCCCCN(CCCCCCCC)OC(=O)CCCCCCCCCN(CCO)CCCCCCCCCC(=O)ON(CCCCCCCC)CCCCCCCC. The molecule has 0 aliphatic rings. The number of rotatable bonds is 52.